The second-order valence-electron chi connectivity index (χ2n) is 5.95. The zero-order valence-corrected chi connectivity index (χ0v) is 14.0. The van der Waals surface area contributed by atoms with Crippen molar-refractivity contribution in [3.63, 3.8) is 0 Å². The molecule has 24 heavy (non-hydrogen) atoms. The van der Waals surface area contributed by atoms with Crippen LogP contribution in [0.3, 0.4) is 0 Å². The maximum atomic E-state index is 6.17. The molecule has 3 heterocycles. The number of anilines is 1. The van der Waals surface area contributed by atoms with Crippen LogP contribution in [0.1, 0.15) is 30.1 Å². The molecule has 2 aromatic heterocycles. The fourth-order valence-corrected chi connectivity index (χ4v) is 4.02. The molecule has 5 nitrogen and oxygen atoms in total. The number of nitrogens with zero attached hydrogens (tertiary/aromatic N) is 2. The van der Waals surface area contributed by atoms with Crippen LogP contribution in [0.4, 0.5) is 5.82 Å². The van der Waals surface area contributed by atoms with Crippen molar-refractivity contribution >= 4 is 27.4 Å². The topological polar surface area (TPSA) is 70.3 Å². The lowest BCUT2D eigenvalue weighted by Crippen LogP contribution is -2.14. The molecule has 1 saturated heterocycles. The summed E-state index contributed by atoms with van der Waals surface area (Å²) in [6, 6.07) is 10.2. The minimum absolute atomic E-state index is 0.0679. The van der Waals surface area contributed by atoms with Gasteiger partial charge in [-0.2, -0.15) is 0 Å². The number of benzene rings is 1. The Morgan fingerprint density at radius 2 is 2.08 bits per heavy atom. The van der Waals surface area contributed by atoms with Crippen molar-refractivity contribution in [2.75, 3.05) is 12.3 Å². The molecule has 0 bridgehead atoms. The summed E-state index contributed by atoms with van der Waals surface area (Å²) < 4.78 is 12.9. The average molecular weight is 341 g/mol. The average Bonchev–Trinajstić information content (AvgIpc) is 3.23. The number of rotatable bonds is 5. The van der Waals surface area contributed by atoms with Gasteiger partial charge in [-0.3, -0.25) is 0 Å². The van der Waals surface area contributed by atoms with Gasteiger partial charge in [-0.25, -0.2) is 9.97 Å². The lowest BCUT2D eigenvalue weighted by Gasteiger charge is -2.13. The van der Waals surface area contributed by atoms with Crippen LogP contribution in [-0.4, -0.2) is 22.7 Å². The van der Waals surface area contributed by atoms with Gasteiger partial charge in [-0.1, -0.05) is 30.3 Å². The van der Waals surface area contributed by atoms with Gasteiger partial charge < -0.3 is 15.2 Å². The third-order valence-corrected chi connectivity index (χ3v) is 5.29. The van der Waals surface area contributed by atoms with E-state index in [1.54, 1.807) is 11.3 Å². The number of ether oxygens (including phenoxy) is 2. The highest BCUT2D eigenvalue weighted by Crippen LogP contribution is 2.39. The smallest absolute Gasteiger partial charge is 0.144 e. The first-order chi connectivity index (χ1) is 11.8. The zero-order chi connectivity index (χ0) is 16.4. The number of nitrogens with two attached hydrogens (primary N) is 1. The van der Waals surface area contributed by atoms with E-state index in [9.17, 15) is 0 Å². The number of thiophene rings is 1. The van der Waals surface area contributed by atoms with Gasteiger partial charge in [0, 0.05) is 5.56 Å². The van der Waals surface area contributed by atoms with E-state index in [0.29, 0.717) is 19.0 Å². The highest BCUT2D eigenvalue weighted by molar-refractivity contribution is 7.17. The summed E-state index contributed by atoms with van der Waals surface area (Å²) in [7, 11) is 0. The van der Waals surface area contributed by atoms with Gasteiger partial charge in [0.05, 0.1) is 35.6 Å². The van der Waals surface area contributed by atoms with Crippen LogP contribution >= 0.6 is 11.3 Å². The summed E-state index contributed by atoms with van der Waals surface area (Å²) in [5, 5.41) is 2.09. The van der Waals surface area contributed by atoms with Crippen molar-refractivity contribution in [2.24, 2.45) is 0 Å². The Labute approximate surface area is 144 Å². The van der Waals surface area contributed by atoms with Gasteiger partial charge in [0.25, 0.3) is 0 Å². The van der Waals surface area contributed by atoms with Gasteiger partial charge in [-0.15, -0.1) is 11.3 Å². The molecule has 4 rings (SSSR count). The lowest BCUT2D eigenvalue weighted by atomic mass is 10.1. The minimum atomic E-state index is 0.0679. The summed E-state index contributed by atoms with van der Waals surface area (Å²) in [6.45, 7) is 1.24. The van der Waals surface area contributed by atoms with Crippen molar-refractivity contribution in [2.45, 2.75) is 31.7 Å². The van der Waals surface area contributed by atoms with Crippen LogP contribution in [0.15, 0.2) is 42.0 Å². The van der Waals surface area contributed by atoms with Gasteiger partial charge in [0.1, 0.15) is 12.1 Å². The summed E-state index contributed by atoms with van der Waals surface area (Å²) in [5.74, 6) is 0.539. The second-order valence-corrected chi connectivity index (χ2v) is 6.83. The molecule has 6 heteroatoms. The van der Waals surface area contributed by atoms with Crippen LogP contribution in [0.2, 0.25) is 0 Å². The Kier molecular flexibility index (Phi) is 4.42. The van der Waals surface area contributed by atoms with E-state index in [-0.39, 0.29) is 12.2 Å². The predicted molar refractivity (Wildman–Crippen MR) is 94.8 cm³/mol. The molecule has 0 spiro atoms. The van der Waals surface area contributed by atoms with Crippen molar-refractivity contribution < 1.29 is 9.47 Å². The van der Waals surface area contributed by atoms with Gasteiger partial charge in [0.2, 0.25) is 0 Å². The molecule has 1 aliphatic rings. The van der Waals surface area contributed by atoms with Gasteiger partial charge in [0.15, 0.2) is 0 Å². The first-order valence-corrected chi connectivity index (χ1v) is 8.94. The number of fused-ring (bicyclic) bond motifs is 1. The molecule has 1 aromatic carbocycles. The normalized spacial score (nSPS) is 20.7. The molecule has 1 fully saturated rings. The minimum Gasteiger partial charge on any atom is -0.382 e. The Balaban J connectivity index is 1.37. The van der Waals surface area contributed by atoms with Crippen LogP contribution in [0.5, 0.6) is 0 Å². The van der Waals surface area contributed by atoms with Crippen molar-refractivity contribution in [3.8, 4) is 0 Å². The molecule has 2 atom stereocenters. The Morgan fingerprint density at radius 3 is 2.96 bits per heavy atom. The Hall–Kier alpha value is -2.02. The van der Waals surface area contributed by atoms with Crippen LogP contribution in [0.25, 0.3) is 10.2 Å². The molecular weight excluding hydrogens is 322 g/mol. The van der Waals surface area contributed by atoms with Crippen LogP contribution in [-0.2, 0) is 16.1 Å². The van der Waals surface area contributed by atoms with Crippen LogP contribution < -0.4 is 5.73 Å². The Morgan fingerprint density at radius 1 is 1.21 bits per heavy atom. The molecule has 0 aliphatic carbocycles. The molecule has 1 aliphatic heterocycles. The third-order valence-electron chi connectivity index (χ3n) is 4.28. The van der Waals surface area contributed by atoms with E-state index in [4.69, 9.17) is 15.2 Å². The quantitative estimate of drug-likeness (QED) is 0.766. The predicted octanol–water partition coefficient (Wildman–Crippen LogP) is 3.71. The molecule has 3 aromatic rings. The maximum absolute atomic E-state index is 6.17. The highest BCUT2D eigenvalue weighted by atomic mass is 32.1. The van der Waals surface area contributed by atoms with E-state index in [0.717, 1.165) is 28.6 Å². The van der Waals surface area contributed by atoms with E-state index in [2.05, 4.69) is 27.5 Å². The fraction of sp³-hybridized carbons (Fsp3) is 0.333. The van der Waals surface area contributed by atoms with E-state index in [1.165, 1.54) is 11.9 Å². The SMILES string of the molecule is Nc1ncnc2c(C3CCC(COCc4ccccc4)O3)csc12. The standard InChI is InChI=1S/C18H19N3O2S/c19-18-17-16(20-11-21-18)14(10-24-17)15-7-6-13(23-15)9-22-8-12-4-2-1-3-5-12/h1-5,10-11,13,15H,6-9H2,(H2,19,20,21). The third kappa shape index (κ3) is 3.13. The highest BCUT2D eigenvalue weighted by Gasteiger charge is 2.29. The van der Waals surface area contributed by atoms with Crippen molar-refractivity contribution in [1.82, 2.24) is 9.97 Å². The molecule has 2 N–H and O–H groups in total. The number of hydrogen-bond acceptors (Lipinski definition) is 6. The molecule has 0 radical (unpaired) electrons. The largest absolute Gasteiger partial charge is 0.382 e. The van der Waals surface area contributed by atoms with Crippen molar-refractivity contribution in [3.05, 3.63) is 53.2 Å². The molecule has 0 saturated carbocycles. The summed E-state index contributed by atoms with van der Waals surface area (Å²) in [4.78, 5) is 8.43. The molecule has 124 valence electrons. The van der Waals surface area contributed by atoms with Crippen molar-refractivity contribution in [1.29, 1.82) is 0 Å². The maximum Gasteiger partial charge on any atom is 0.144 e. The summed E-state index contributed by atoms with van der Waals surface area (Å²) in [5.41, 5.74) is 9.14. The zero-order valence-electron chi connectivity index (χ0n) is 13.2. The van der Waals surface area contributed by atoms with Gasteiger partial charge >= 0.3 is 0 Å². The Bertz CT molecular complexity index is 822. The summed E-state index contributed by atoms with van der Waals surface area (Å²) in [6.07, 6.45) is 3.70. The molecule has 2 unspecified atom stereocenters. The monoisotopic (exact) mass is 341 g/mol. The number of hydrogen-bond donors (Lipinski definition) is 1. The van der Waals surface area contributed by atoms with Crippen LogP contribution in [0, 0.1) is 0 Å². The molecule has 0 amide bonds. The number of aromatic nitrogens is 2. The van der Waals surface area contributed by atoms with E-state index in [1.807, 2.05) is 18.2 Å². The van der Waals surface area contributed by atoms with E-state index < -0.39 is 0 Å². The van der Waals surface area contributed by atoms with Gasteiger partial charge in [-0.05, 0) is 23.8 Å². The number of nitrogen functional groups attached to an aromatic ring is 1. The lowest BCUT2D eigenvalue weighted by molar-refractivity contribution is -0.0200. The first-order valence-electron chi connectivity index (χ1n) is 8.06. The first kappa shape index (κ1) is 15.5. The molecular formula is C18H19N3O2S. The summed E-state index contributed by atoms with van der Waals surface area (Å²) >= 11 is 1.58. The van der Waals surface area contributed by atoms with E-state index >= 15 is 0 Å². The fourth-order valence-electron chi connectivity index (χ4n) is 3.06. The second kappa shape index (κ2) is 6.84.